The number of allylic oxidation sites excluding steroid dienone is 6. The first-order valence-corrected chi connectivity index (χ1v) is 19.5. The van der Waals surface area contributed by atoms with Crippen LogP contribution in [-0.4, -0.2) is 72.0 Å². The van der Waals surface area contributed by atoms with E-state index in [2.05, 4.69) is 34.7 Å². The van der Waals surface area contributed by atoms with Gasteiger partial charge in [0.15, 0.2) is 5.71 Å². The lowest BCUT2D eigenvalue weighted by atomic mass is 9.81. The maximum atomic E-state index is 11.9. The van der Waals surface area contributed by atoms with Crippen LogP contribution in [0.25, 0.3) is 0 Å². The SMILES string of the molecule is CC1(C)C(/C=C/C=C/C=C2\N(CCCNC(=O)CI)c3ccc(S(=O)(=O)O)cc3C2(C)C)=[N+](CCCS(=O)(=O)O)c2ccccc21. The molecule has 0 radical (unpaired) electrons. The van der Waals surface area contributed by atoms with Crippen molar-refractivity contribution in [2.75, 3.05) is 34.7 Å². The van der Waals surface area contributed by atoms with Crippen molar-refractivity contribution in [2.45, 2.75) is 56.3 Å². The van der Waals surface area contributed by atoms with Gasteiger partial charge in [-0.2, -0.15) is 21.4 Å². The average Bonchev–Trinajstić information content (AvgIpc) is 3.32. The number of halogens is 1. The third-order valence-electron chi connectivity index (χ3n) is 8.48. The Bertz CT molecular complexity index is 1840. The number of nitrogens with zero attached hydrogens (tertiary/aromatic N) is 2. The molecule has 0 aromatic heterocycles. The van der Waals surface area contributed by atoms with Gasteiger partial charge in [-0.05, 0) is 50.1 Å². The number of hydrogen-bond acceptors (Lipinski definition) is 6. The predicted molar refractivity (Wildman–Crippen MR) is 190 cm³/mol. The fourth-order valence-corrected chi connectivity index (χ4v) is 7.48. The molecule has 0 aliphatic carbocycles. The molecule has 248 valence electrons. The maximum absolute atomic E-state index is 11.9. The number of benzene rings is 2. The van der Waals surface area contributed by atoms with Gasteiger partial charge < -0.3 is 10.2 Å². The number of nitrogens with one attached hydrogen (secondary N) is 1. The number of hydrogen-bond donors (Lipinski definition) is 3. The van der Waals surface area contributed by atoms with Gasteiger partial charge in [-0.3, -0.25) is 13.9 Å². The number of alkyl halides is 1. The van der Waals surface area contributed by atoms with Crippen molar-refractivity contribution in [3.63, 3.8) is 0 Å². The van der Waals surface area contributed by atoms with E-state index >= 15 is 0 Å². The molecule has 0 fully saturated rings. The number of fused-ring (bicyclic) bond motifs is 2. The van der Waals surface area contributed by atoms with Crippen LogP contribution in [0.15, 0.2) is 83.4 Å². The fourth-order valence-electron chi connectivity index (χ4n) is 6.21. The molecular formula is C33H41IN3O7S2+. The van der Waals surface area contributed by atoms with Gasteiger partial charge in [0.25, 0.3) is 20.2 Å². The Morgan fingerprint density at radius 3 is 2.35 bits per heavy atom. The van der Waals surface area contributed by atoms with Crippen LogP contribution >= 0.6 is 22.6 Å². The largest absolute Gasteiger partial charge is 0.355 e. The van der Waals surface area contributed by atoms with Crippen LogP contribution in [0.3, 0.4) is 0 Å². The molecule has 13 heteroatoms. The highest BCUT2D eigenvalue weighted by Gasteiger charge is 2.44. The van der Waals surface area contributed by atoms with Crippen LogP contribution in [0.5, 0.6) is 0 Å². The number of anilines is 1. The minimum Gasteiger partial charge on any atom is -0.355 e. The van der Waals surface area contributed by atoms with Gasteiger partial charge in [-0.15, -0.1) is 0 Å². The van der Waals surface area contributed by atoms with Crippen molar-refractivity contribution < 1.29 is 35.3 Å². The van der Waals surface area contributed by atoms with E-state index in [-0.39, 0.29) is 28.4 Å². The van der Waals surface area contributed by atoms with E-state index in [1.165, 1.54) is 12.1 Å². The second-order valence-electron chi connectivity index (χ2n) is 12.4. The van der Waals surface area contributed by atoms with Crippen LogP contribution in [0.2, 0.25) is 0 Å². The smallest absolute Gasteiger partial charge is 0.294 e. The van der Waals surface area contributed by atoms with Gasteiger partial charge in [0.1, 0.15) is 6.54 Å². The molecule has 3 N–H and O–H groups in total. The highest BCUT2D eigenvalue weighted by Crippen LogP contribution is 2.48. The van der Waals surface area contributed by atoms with Crippen molar-refractivity contribution in [3.05, 3.63) is 89.7 Å². The summed E-state index contributed by atoms with van der Waals surface area (Å²) < 4.78 is 68.0. The molecule has 2 aliphatic heterocycles. The molecule has 2 aromatic carbocycles. The molecule has 0 saturated heterocycles. The van der Waals surface area contributed by atoms with Gasteiger partial charge >= 0.3 is 0 Å². The first kappa shape index (κ1) is 36.0. The number of carbonyl (C=O) groups is 1. The molecule has 0 atom stereocenters. The maximum Gasteiger partial charge on any atom is 0.294 e. The lowest BCUT2D eigenvalue weighted by molar-refractivity contribution is -0.437. The average molecular weight is 783 g/mol. The minimum absolute atomic E-state index is 0.0329. The van der Waals surface area contributed by atoms with E-state index in [1.807, 2.05) is 85.0 Å². The van der Waals surface area contributed by atoms with E-state index in [4.69, 9.17) is 0 Å². The molecule has 1 amide bonds. The third kappa shape index (κ3) is 7.98. The summed E-state index contributed by atoms with van der Waals surface area (Å²) in [7, 11) is -8.45. The molecular weight excluding hydrogens is 741 g/mol. The molecule has 4 rings (SSSR count). The lowest BCUT2D eigenvalue weighted by Crippen LogP contribution is -2.31. The second kappa shape index (κ2) is 14.1. The fraction of sp³-hybridized carbons (Fsp3) is 0.394. The van der Waals surface area contributed by atoms with Gasteiger partial charge in [0.05, 0.1) is 20.5 Å². The summed E-state index contributed by atoms with van der Waals surface area (Å²) in [6.45, 7) is 9.77. The molecule has 46 heavy (non-hydrogen) atoms. The van der Waals surface area contributed by atoms with Crippen molar-refractivity contribution in [2.24, 2.45) is 0 Å². The summed E-state index contributed by atoms with van der Waals surface area (Å²) in [6.07, 6.45) is 10.7. The first-order valence-electron chi connectivity index (χ1n) is 15.0. The standard InChI is InChI=1S/C33H40IN3O7S2/c1-32(2)25-12-8-9-13-27(25)37(20-11-21-45(39,40)41)29(32)14-6-5-7-15-30-33(3,4)26-22-24(46(42,43)44)16-17-28(26)36(30)19-10-18-35-31(38)23-34/h5-9,12-17,22H,10-11,18-21,23H2,1-4H3,(H2-,35,38,39,40,41,42,43,44)/p+1. The Kier molecular flexibility index (Phi) is 11.0. The Morgan fingerprint density at radius 1 is 0.957 bits per heavy atom. The van der Waals surface area contributed by atoms with Crippen LogP contribution in [0.4, 0.5) is 11.4 Å². The zero-order valence-corrected chi connectivity index (χ0v) is 30.2. The third-order valence-corrected chi connectivity index (χ3v) is 10.8. The van der Waals surface area contributed by atoms with Crippen LogP contribution in [0, 0.1) is 0 Å². The summed E-state index contributed by atoms with van der Waals surface area (Å²) in [5, 5.41) is 2.89. The minimum atomic E-state index is -4.38. The number of amides is 1. The number of carbonyl (C=O) groups excluding carboxylic acids is 1. The van der Waals surface area contributed by atoms with Gasteiger partial charge in [0, 0.05) is 54.0 Å². The molecule has 0 saturated carbocycles. The quantitative estimate of drug-likeness (QED) is 0.0619. The monoisotopic (exact) mass is 782 g/mol. The van der Waals surface area contributed by atoms with E-state index in [0.717, 1.165) is 33.9 Å². The molecule has 0 spiro atoms. The normalized spacial score (nSPS) is 18.2. The summed E-state index contributed by atoms with van der Waals surface area (Å²) >= 11 is 2.02. The van der Waals surface area contributed by atoms with Crippen molar-refractivity contribution in [1.82, 2.24) is 5.32 Å². The van der Waals surface area contributed by atoms with Crippen molar-refractivity contribution in [3.8, 4) is 0 Å². The van der Waals surface area contributed by atoms with Gasteiger partial charge in [-0.1, -0.05) is 72.9 Å². The zero-order valence-electron chi connectivity index (χ0n) is 26.4. The molecule has 0 unspecified atom stereocenters. The zero-order chi connectivity index (χ0) is 33.9. The molecule has 10 nitrogen and oxygen atoms in total. The molecule has 2 aromatic rings. The summed E-state index contributed by atoms with van der Waals surface area (Å²) in [5.74, 6) is -0.351. The van der Waals surface area contributed by atoms with E-state index in [0.29, 0.717) is 30.5 Å². The van der Waals surface area contributed by atoms with E-state index < -0.39 is 25.7 Å². The summed E-state index contributed by atoms with van der Waals surface area (Å²) in [4.78, 5) is 13.7. The van der Waals surface area contributed by atoms with E-state index in [9.17, 15) is 30.7 Å². The lowest BCUT2D eigenvalue weighted by Gasteiger charge is -2.27. The number of para-hydroxylation sites is 1. The Hall–Kier alpha value is -2.85. The Morgan fingerprint density at radius 2 is 1.67 bits per heavy atom. The molecule has 2 heterocycles. The Labute approximate surface area is 285 Å². The number of rotatable bonds is 13. The van der Waals surface area contributed by atoms with E-state index in [1.54, 1.807) is 6.07 Å². The van der Waals surface area contributed by atoms with Crippen molar-refractivity contribution >= 4 is 65.8 Å². The van der Waals surface area contributed by atoms with Gasteiger partial charge in [-0.25, -0.2) is 0 Å². The Balaban J connectivity index is 1.64. The van der Waals surface area contributed by atoms with Crippen LogP contribution in [0.1, 0.15) is 51.7 Å². The van der Waals surface area contributed by atoms with Gasteiger partial charge in [0.2, 0.25) is 11.6 Å². The summed E-state index contributed by atoms with van der Waals surface area (Å²) in [5.41, 5.74) is 4.78. The highest BCUT2D eigenvalue weighted by atomic mass is 127. The summed E-state index contributed by atoms with van der Waals surface area (Å²) in [6, 6.07) is 12.7. The molecule has 2 aliphatic rings. The highest BCUT2D eigenvalue weighted by molar-refractivity contribution is 14.1. The second-order valence-corrected chi connectivity index (χ2v) is 16.1. The molecule has 0 bridgehead atoms. The van der Waals surface area contributed by atoms with Crippen LogP contribution in [-0.2, 0) is 35.9 Å². The topological polar surface area (TPSA) is 144 Å². The van der Waals surface area contributed by atoms with Crippen LogP contribution < -0.4 is 10.2 Å². The predicted octanol–water partition coefficient (Wildman–Crippen LogP) is 5.32. The first-order chi connectivity index (χ1) is 21.5. The van der Waals surface area contributed by atoms with Crippen molar-refractivity contribution in [1.29, 1.82) is 0 Å².